The van der Waals surface area contributed by atoms with Crippen molar-refractivity contribution in [2.75, 3.05) is 32.1 Å². The largest absolute Gasteiger partial charge is 0.496 e. The quantitative estimate of drug-likeness (QED) is 0.907. The first kappa shape index (κ1) is 15.6. The molecule has 0 saturated carbocycles. The monoisotopic (exact) mass is 292 g/mol. The van der Waals surface area contributed by atoms with Crippen molar-refractivity contribution in [2.45, 2.75) is 32.8 Å². The van der Waals surface area contributed by atoms with Crippen molar-refractivity contribution in [1.82, 2.24) is 4.90 Å². The maximum Gasteiger partial charge on any atom is 0.321 e. The predicted molar refractivity (Wildman–Crippen MR) is 83.0 cm³/mol. The highest BCUT2D eigenvalue weighted by atomic mass is 16.5. The molecule has 1 aliphatic heterocycles. The zero-order valence-electron chi connectivity index (χ0n) is 13.0. The lowest BCUT2D eigenvalue weighted by Gasteiger charge is -2.24. The van der Waals surface area contributed by atoms with E-state index in [9.17, 15) is 4.79 Å². The van der Waals surface area contributed by atoms with E-state index in [1.165, 1.54) is 0 Å². The van der Waals surface area contributed by atoms with Gasteiger partial charge in [0.25, 0.3) is 0 Å². The molecule has 5 heteroatoms. The van der Waals surface area contributed by atoms with Gasteiger partial charge in [-0.05, 0) is 50.5 Å². The Balaban J connectivity index is 1.96. The highest BCUT2D eigenvalue weighted by Gasteiger charge is 2.21. The fourth-order valence-electron chi connectivity index (χ4n) is 2.55. The second kappa shape index (κ2) is 7.31. The predicted octanol–water partition coefficient (Wildman–Crippen LogP) is 3.04. The summed E-state index contributed by atoms with van der Waals surface area (Å²) in [4.78, 5) is 14.1. The van der Waals surface area contributed by atoms with Crippen LogP contribution in [-0.2, 0) is 4.74 Å². The number of hydrogen-bond acceptors (Lipinski definition) is 3. The fraction of sp³-hybridized carbons (Fsp3) is 0.562. The molecule has 0 spiro atoms. The number of anilines is 1. The standard InChI is InChI=1S/C16H24N2O3/c1-4-18(11-14-6-5-9-21-14)16(19)17-13-7-8-15(20-3)12(2)10-13/h7-8,10,14H,4-6,9,11H2,1-3H3,(H,17,19)/t14-/m0/s1. The number of aryl methyl sites for hydroxylation is 1. The van der Waals surface area contributed by atoms with Crippen molar-refractivity contribution in [3.8, 4) is 5.75 Å². The van der Waals surface area contributed by atoms with Crippen molar-refractivity contribution in [3.05, 3.63) is 23.8 Å². The number of amides is 2. The molecule has 2 amide bonds. The molecule has 0 radical (unpaired) electrons. The minimum Gasteiger partial charge on any atom is -0.496 e. The van der Waals surface area contributed by atoms with Crippen LogP contribution < -0.4 is 10.1 Å². The van der Waals surface area contributed by atoms with Gasteiger partial charge in [-0.3, -0.25) is 0 Å². The van der Waals surface area contributed by atoms with Crippen LogP contribution >= 0.6 is 0 Å². The molecule has 116 valence electrons. The average molecular weight is 292 g/mol. The Bertz CT molecular complexity index is 484. The molecular formula is C16H24N2O3. The van der Waals surface area contributed by atoms with Crippen LogP contribution in [0.15, 0.2) is 18.2 Å². The maximum absolute atomic E-state index is 12.3. The molecule has 1 N–H and O–H groups in total. The van der Waals surface area contributed by atoms with Crippen molar-refractivity contribution in [3.63, 3.8) is 0 Å². The highest BCUT2D eigenvalue weighted by Crippen LogP contribution is 2.22. The Hall–Kier alpha value is -1.75. The summed E-state index contributed by atoms with van der Waals surface area (Å²) in [6.07, 6.45) is 2.29. The smallest absolute Gasteiger partial charge is 0.321 e. The molecule has 5 nitrogen and oxygen atoms in total. The van der Waals surface area contributed by atoms with E-state index in [4.69, 9.17) is 9.47 Å². The Morgan fingerprint density at radius 3 is 2.90 bits per heavy atom. The maximum atomic E-state index is 12.3. The normalized spacial score (nSPS) is 17.6. The van der Waals surface area contributed by atoms with Gasteiger partial charge in [-0.15, -0.1) is 0 Å². The number of rotatable bonds is 5. The molecule has 21 heavy (non-hydrogen) atoms. The summed E-state index contributed by atoms with van der Waals surface area (Å²) in [5, 5.41) is 2.93. The number of carbonyl (C=O) groups is 1. The molecule has 1 fully saturated rings. The van der Waals surface area contributed by atoms with Crippen LogP contribution in [0.25, 0.3) is 0 Å². The molecule has 0 unspecified atom stereocenters. The summed E-state index contributed by atoms with van der Waals surface area (Å²) >= 11 is 0. The minimum atomic E-state index is -0.0856. The number of nitrogens with zero attached hydrogens (tertiary/aromatic N) is 1. The Morgan fingerprint density at radius 1 is 1.52 bits per heavy atom. The highest BCUT2D eigenvalue weighted by molar-refractivity contribution is 5.89. The second-order valence-corrected chi connectivity index (χ2v) is 5.29. The molecule has 0 aromatic heterocycles. The third-order valence-corrected chi connectivity index (χ3v) is 3.76. The molecule has 1 aromatic carbocycles. The lowest BCUT2D eigenvalue weighted by molar-refractivity contribution is 0.0849. The fourth-order valence-corrected chi connectivity index (χ4v) is 2.55. The summed E-state index contributed by atoms with van der Waals surface area (Å²) in [6.45, 7) is 6.06. The van der Waals surface area contributed by atoms with E-state index < -0.39 is 0 Å². The van der Waals surface area contributed by atoms with Gasteiger partial charge >= 0.3 is 6.03 Å². The molecule has 1 heterocycles. The molecule has 1 saturated heterocycles. The molecular weight excluding hydrogens is 268 g/mol. The van der Waals surface area contributed by atoms with Gasteiger partial charge in [0.05, 0.1) is 13.2 Å². The summed E-state index contributed by atoms with van der Waals surface area (Å²) in [5.74, 6) is 0.819. The molecule has 1 atom stereocenters. The van der Waals surface area contributed by atoms with E-state index in [0.717, 1.165) is 36.4 Å². The molecule has 2 rings (SSSR count). The van der Waals surface area contributed by atoms with Gasteiger partial charge in [-0.2, -0.15) is 0 Å². The van der Waals surface area contributed by atoms with Crippen LogP contribution in [0.3, 0.4) is 0 Å². The number of nitrogens with one attached hydrogen (secondary N) is 1. The first-order valence-electron chi connectivity index (χ1n) is 7.46. The van der Waals surface area contributed by atoms with E-state index >= 15 is 0 Å². The number of methoxy groups -OCH3 is 1. The Labute approximate surface area is 126 Å². The van der Waals surface area contributed by atoms with Crippen molar-refractivity contribution in [1.29, 1.82) is 0 Å². The Morgan fingerprint density at radius 2 is 2.33 bits per heavy atom. The minimum absolute atomic E-state index is 0.0856. The van der Waals surface area contributed by atoms with Crippen LogP contribution in [0.2, 0.25) is 0 Å². The zero-order chi connectivity index (χ0) is 15.2. The van der Waals surface area contributed by atoms with Gasteiger partial charge in [-0.1, -0.05) is 0 Å². The van der Waals surface area contributed by atoms with E-state index in [-0.39, 0.29) is 12.1 Å². The van der Waals surface area contributed by atoms with Crippen molar-refractivity contribution < 1.29 is 14.3 Å². The third-order valence-electron chi connectivity index (χ3n) is 3.76. The van der Waals surface area contributed by atoms with E-state index in [1.807, 2.05) is 32.0 Å². The van der Waals surface area contributed by atoms with Gasteiger partial charge in [-0.25, -0.2) is 4.79 Å². The van der Waals surface area contributed by atoms with Crippen LogP contribution in [0.4, 0.5) is 10.5 Å². The second-order valence-electron chi connectivity index (χ2n) is 5.29. The van der Waals surface area contributed by atoms with Gasteiger partial charge in [0.2, 0.25) is 0 Å². The van der Waals surface area contributed by atoms with Crippen molar-refractivity contribution in [2.24, 2.45) is 0 Å². The van der Waals surface area contributed by atoms with Crippen LogP contribution in [0, 0.1) is 6.92 Å². The summed E-state index contributed by atoms with van der Waals surface area (Å²) in [5.41, 5.74) is 1.78. The Kier molecular flexibility index (Phi) is 5.44. The zero-order valence-corrected chi connectivity index (χ0v) is 13.0. The first-order chi connectivity index (χ1) is 10.1. The van der Waals surface area contributed by atoms with Gasteiger partial charge < -0.3 is 19.7 Å². The number of urea groups is 1. The molecule has 0 aliphatic carbocycles. The summed E-state index contributed by atoms with van der Waals surface area (Å²) in [7, 11) is 1.64. The molecule has 1 aromatic rings. The topological polar surface area (TPSA) is 50.8 Å². The number of benzene rings is 1. The van der Waals surface area contributed by atoms with Gasteiger partial charge in [0.1, 0.15) is 5.75 Å². The SMILES string of the molecule is CCN(C[C@@H]1CCCO1)C(=O)Nc1ccc(OC)c(C)c1. The number of ether oxygens (including phenoxy) is 2. The number of hydrogen-bond donors (Lipinski definition) is 1. The third kappa shape index (κ3) is 4.11. The summed E-state index contributed by atoms with van der Waals surface area (Å²) in [6, 6.07) is 5.54. The first-order valence-corrected chi connectivity index (χ1v) is 7.46. The van der Waals surface area contributed by atoms with E-state index in [0.29, 0.717) is 13.1 Å². The average Bonchev–Trinajstić information content (AvgIpc) is 2.98. The number of carbonyl (C=O) groups excluding carboxylic acids is 1. The lowest BCUT2D eigenvalue weighted by atomic mass is 10.2. The van der Waals surface area contributed by atoms with Gasteiger partial charge in [0.15, 0.2) is 0 Å². The molecule has 0 bridgehead atoms. The van der Waals surface area contributed by atoms with Crippen LogP contribution in [-0.4, -0.2) is 43.8 Å². The van der Waals surface area contributed by atoms with E-state index in [2.05, 4.69) is 5.32 Å². The summed E-state index contributed by atoms with van der Waals surface area (Å²) < 4.78 is 10.8. The molecule has 1 aliphatic rings. The number of likely N-dealkylation sites (N-methyl/N-ethyl adjacent to an activating group) is 1. The van der Waals surface area contributed by atoms with Crippen LogP contribution in [0.1, 0.15) is 25.3 Å². The van der Waals surface area contributed by atoms with Crippen LogP contribution in [0.5, 0.6) is 5.75 Å². The van der Waals surface area contributed by atoms with Crippen molar-refractivity contribution >= 4 is 11.7 Å². The van der Waals surface area contributed by atoms with E-state index in [1.54, 1.807) is 12.0 Å². The lowest BCUT2D eigenvalue weighted by Crippen LogP contribution is -2.39. The van der Waals surface area contributed by atoms with Gasteiger partial charge in [0, 0.05) is 25.4 Å².